The zero-order chi connectivity index (χ0) is 9.78. The Labute approximate surface area is 82.4 Å². The minimum Gasteiger partial charge on any atom is -0.0988 e. The Morgan fingerprint density at radius 3 is 2.23 bits per heavy atom. The monoisotopic (exact) mass is 174 g/mol. The molecule has 0 saturated carbocycles. The number of unbranched alkanes of at least 4 members (excludes halogenated alkanes) is 3. The van der Waals surface area contributed by atoms with Crippen LogP contribution in [-0.2, 0) is 0 Å². The van der Waals surface area contributed by atoms with Crippen molar-refractivity contribution < 1.29 is 0 Å². The quantitative estimate of drug-likeness (QED) is 0.453. The Hall–Kier alpha value is -1.14. The van der Waals surface area contributed by atoms with Crippen LogP contribution in [0.3, 0.4) is 0 Å². The third-order valence-corrected chi connectivity index (χ3v) is 1.54. The van der Waals surface area contributed by atoms with Crippen LogP contribution in [0.4, 0.5) is 0 Å². The second kappa shape index (κ2) is 10.9. The topological polar surface area (TPSA) is 0 Å². The van der Waals surface area contributed by atoms with E-state index >= 15 is 0 Å². The third kappa shape index (κ3) is 10.9. The maximum atomic E-state index is 3.09. The molecule has 0 nitrogen and oxygen atoms in total. The van der Waals surface area contributed by atoms with Crippen LogP contribution in [0.5, 0.6) is 0 Å². The summed E-state index contributed by atoms with van der Waals surface area (Å²) in [5, 5.41) is 0. The number of allylic oxidation sites excluding steroid dienone is 2. The van der Waals surface area contributed by atoms with Gasteiger partial charge < -0.3 is 0 Å². The van der Waals surface area contributed by atoms with Crippen molar-refractivity contribution in [3.8, 4) is 23.7 Å². The summed E-state index contributed by atoms with van der Waals surface area (Å²) in [6, 6.07) is 0. The summed E-state index contributed by atoms with van der Waals surface area (Å²) in [5.41, 5.74) is 0. The van der Waals surface area contributed by atoms with Crippen LogP contribution in [0.15, 0.2) is 12.2 Å². The van der Waals surface area contributed by atoms with Gasteiger partial charge in [0.15, 0.2) is 0 Å². The van der Waals surface area contributed by atoms with Gasteiger partial charge in [0.05, 0.1) is 0 Å². The SMILES string of the molecule is CCC#CC=CC#CCCCCC. The largest absolute Gasteiger partial charge is 0.0988 e. The van der Waals surface area contributed by atoms with E-state index in [2.05, 4.69) is 30.6 Å². The first-order chi connectivity index (χ1) is 6.41. The third-order valence-electron chi connectivity index (χ3n) is 1.54. The Morgan fingerprint density at radius 1 is 0.923 bits per heavy atom. The molecule has 13 heavy (non-hydrogen) atoms. The van der Waals surface area contributed by atoms with Gasteiger partial charge >= 0.3 is 0 Å². The molecule has 0 amide bonds. The Morgan fingerprint density at radius 2 is 1.62 bits per heavy atom. The zero-order valence-electron chi connectivity index (χ0n) is 8.69. The minimum absolute atomic E-state index is 0.911. The van der Waals surface area contributed by atoms with Crippen LogP contribution in [0.25, 0.3) is 0 Å². The average Bonchev–Trinajstić information content (AvgIpc) is 2.16. The van der Waals surface area contributed by atoms with Crippen molar-refractivity contribution >= 4 is 0 Å². The van der Waals surface area contributed by atoms with Crippen molar-refractivity contribution in [3.05, 3.63) is 12.2 Å². The van der Waals surface area contributed by atoms with Gasteiger partial charge in [0.25, 0.3) is 0 Å². The molecule has 0 bridgehead atoms. The van der Waals surface area contributed by atoms with Gasteiger partial charge in [-0.1, -0.05) is 50.4 Å². The minimum atomic E-state index is 0.911. The molecule has 70 valence electrons. The summed E-state index contributed by atoms with van der Waals surface area (Å²) in [6.45, 7) is 4.24. The second-order valence-electron chi connectivity index (χ2n) is 2.79. The van der Waals surface area contributed by atoms with Gasteiger partial charge in [-0.15, -0.1) is 0 Å². The van der Waals surface area contributed by atoms with Gasteiger partial charge in [0.2, 0.25) is 0 Å². The van der Waals surface area contributed by atoms with Crippen LogP contribution in [0, 0.1) is 23.7 Å². The van der Waals surface area contributed by atoms with E-state index in [4.69, 9.17) is 0 Å². The first-order valence-corrected chi connectivity index (χ1v) is 5.03. The number of hydrogen-bond acceptors (Lipinski definition) is 0. The summed E-state index contributed by atoms with van der Waals surface area (Å²) in [4.78, 5) is 0. The van der Waals surface area contributed by atoms with Crippen LogP contribution < -0.4 is 0 Å². The van der Waals surface area contributed by atoms with E-state index in [-0.39, 0.29) is 0 Å². The molecule has 0 heterocycles. The predicted octanol–water partition coefficient (Wildman–Crippen LogP) is 3.54. The lowest BCUT2D eigenvalue weighted by atomic mass is 10.2. The van der Waals surface area contributed by atoms with Gasteiger partial charge in [-0.2, -0.15) is 0 Å². The normalized spacial score (nSPS) is 8.77. The molecule has 0 fully saturated rings. The highest BCUT2D eigenvalue weighted by molar-refractivity contribution is 5.24. The van der Waals surface area contributed by atoms with Gasteiger partial charge in [-0.25, -0.2) is 0 Å². The molecule has 0 N–H and O–H groups in total. The highest BCUT2D eigenvalue weighted by Gasteiger charge is 1.78. The van der Waals surface area contributed by atoms with Crippen LogP contribution in [0.2, 0.25) is 0 Å². The van der Waals surface area contributed by atoms with Crippen molar-refractivity contribution in [3.63, 3.8) is 0 Å². The van der Waals surface area contributed by atoms with E-state index in [1.807, 2.05) is 19.1 Å². The molecule has 0 saturated heterocycles. The van der Waals surface area contributed by atoms with Crippen molar-refractivity contribution in [1.29, 1.82) is 0 Å². The zero-order valence-corrected chi connectivity index (χ0v) is 8.69. The maximum Gasteiger partial charge on any atom is 0.00922 e. The molecule has 0 aromatic heterocycles. The second-order valence-corrected chi connectivity index (χ2v) is 2.79. The Bertz CT molecular complexity index is 237. The first kappa shape index (κ1) is 11.9. The molecule has 0 unspecified atom stereocenters. The fraction of sp³-hybridized carbons (Fsp3) is 0.538. The van der Waals surface area contributed by atoms with Gasteiger partial charge in [-0.3, -0.25) is 0 Å². The predicted molar refractivity (Wildman–Crippen MR) is 59.1 cm³/mol. The van der Waals surface area contributed by atoms with Crippen LogP contribution >= 0.6 is 0 Å². The first-order valence-electron chi connectivity index (χ1n) is 5.03. The Kier molecular flexibility index (Phi) is 9.91. The fourth-order valence-electron chi connectivity index (χ4n) is 0.839. The molecule has 0 spiro atoms. The molecular formula is C13H18. The summed E-state index contributed by atoms with van der Waals surface area (Å²) < 4.78 is 0. The lowest BCUT2D eigenvalue weighted by molar-refractivity contribution is 0.737. The highest BCUT2D eigenvalue weighted by atomic mass is 13.8. The molecule has 0 aliphatic carbocycles. The highest BCUT2D eigenvalue weighted by Crippen LogP contribution is 1.96. The molecular weight excluding hydrogens is 156 g/mol. The van der Waals surface area contributed by atoms with E-state index < -0.39 is 0 Å². The molecule has 0 aromatic rings. The van der Waals surface area contributed by atoms with Gasteiger partial charge in [0.1, 0.15) is 0 Å². The van der Waals surface area contributed by atoms with E-state index in [0.717, 1.165) is 12.8 Å². The van der Waals surface area contributed by atoms with Crippen molar-refractivity contribution in [2.75, 3.05) is 0 Å². The van der Waals surface area contributed by atoms with E-state index in [0.29, 0.717) is 0 Å². The summed E-state index contributed by atoms with van der Waals surface area (Å²) in [7, 11) is 0. The number of rotatable bonds is 3. The average molecular weight is 174 g/mol. The van der Waals surface area contributed by atoms with Crippen LogP contribution in [0.1, 0.15) is 46.0 Å². The van der Waals surface area contributed by atoms with E-state index in [1.54, 1.807) is 0 Å². The molecule has 0 aliphatic heterocycles. The fourth-order valence-corrected chi connectivity index (χ4v) is 0.839. The molecule has 0 heteroatoms. The van der Waals surface area contributed by atoms with Gasteiger partial charge in [0, 0.05) is 12.8 Å². The lowest BCUT2D eigenvalue weighted by Gasteiger charge is -1.86. The summed E-state index contributed by atoms with van der Waals surface area (Å²) in [5.74, 6) is 11.9. The Balaban J connectivity index is 3.43. The van der Waals surface area contributed by atoms with Crippen molar-refractivity contribution in [2.24, 2.45) is 0 Å². The molecule has 0 rings (SSSR count). The van der Waals surface area contributed by atoms with E-state index in [1.165, 1.54) is 19.3 Å². The molecule has 0 aliphatic rings. The molecule has 0 atom stereocenters. The van der Waals surface area contributed by atoms with E-state index in [9.17, 15) is 0 Å². The maximum absolute atomic E-state index is 3.09. The summed E-state index contributed by atoms with van der Waals surface area (Å²) >= 11 is 0. The smallest absolute Gasteiger partial charge is 0.00922 e. The van der Waals surface area contributed by atoms with Crippen LogP contribution in [-0.4, -0.2) is 0 Å². The lowest BCUT2D eigenvalue weighted by Crippen LogP contribution is -1.70. The standard InChI is InChI=1S/C13H18/c1-3-5-7-9-11-13-12-10-8-6-4-2/h10,12H,3-5,7,9H2,1-2H3. The van der Waals surface area contributed by atoms with Crippen molar-refractivity contribution in [1.82, 2.24) is 0 Å². The number of hydrogen-bond donors (Lipinski definition) is 0. The molecule has 0 radical (unpaired) electrons. The van der Waals surface area contributed by atoms with Crippen molar-refractivity contribution in [2.45, 2.75) is 46.0 Å². The summed E-state index contributed by atoms with van der Waals surface area (Å²) in [6.07, 6.45) is 9.34. The molecule has 0 aromatic carbocycles. The van der Waals surface area contributed by atoms with Gasteiger partial charge in [-0.05, 0) is 18.6 Å².